The van der Waals surface area contributed by atoms with E-state index in [2.05, 4.69) is 4.98 Å². The lowest BCUT2D eigenvalue weighted by Gasteiger charge is -2.14. The van der Waals surface area contributed by atoms with Crippen molar-refractivity contribution in [2.45, 2.75) is 12.5 Å². The number of benzene rings is 1. The molecule has 0 aliphatic carbocycles. The van der Waals surface area contributed by atoms with Crippen LogP contribution in [-0.2, 0) is 6.42 Å². The second-order valence-electron chi connectivity index (χ2n) is 3.81. The lowest BCUT2D eigenvalue weighted by Crippen LogP contribution is -2.14. The zero-order valence-electron chi connectivity index (χ0n) is 9.11. The summed E-state index contributed by atoms with van der Waals surface area (Å²) in [5.41, 5.74) is 8.07. The van der Waals surface area contributed by atoms with Crippen LogP contribution >= 0.6 is 23.2 Å². The molecule has 4 heteroatoms. The third kappa shape index (κ3) is 2.97. The van der Waals surface area contributed by atoms with Gasteiger partial charge in [0.1, 0.15) is 0 Å². The van der Waals surface area contributed by atoms with Crippen LogP contribution in [0, 0.1) is 0 Å². The molecule has 0 aliphatic rings. The zero-order valence-corrected chi connectivity index (χ0v) is 10.6. The predicted octanol–water partition coefficient (Wildman–Crippen LogP) is 3.63. The number of hydrogen-bond acceptors (Lipinski definition) is 2. The van der Waals surface area contributed by atoms with Crippen LogP contribution in [-0.4, -0.2) is 4.98 Å². The van der Waals surface area contributed by atoms with Crippen LogP contribution in [0.4, 0.5) is 0 Å². The molecule has 0 radical (unpaired) electrons. The molecule has 1 unspecified atom stereocenters. The van der Waals surface area contributed by atoms with E-state index in [1.54, 1.807) is 18.5 Å². The van der Waals surface area contributed by atoms with Crippen LogP contribution in [0.1, 0.15) is 17.2 Å². The van der Waals surface area contributed by atoms with Gasteiger partial charge in [-0.25, -0.2) is 0 Å². The number of pyridine rings is 1. The van der Waals surface area contributed by atoms with E-state index in [1.165, 1.54) is 0 Å². The molecule has 17 heavy (non-hydrogen) atoms. The summed E-state index contributed by atoms with van der Waals surface area (Å²) >= 11 is 12.1. The van der Waals surface area contributed by atoms with Crippen molar-refractivity contribution < 1.29 is 0 Å². The zero-order chi connectivity index (χ0) is 12.3. The van der Waals surface area contributed by atoms with Gasteiger partial charge in [0.25, 0.3) is 0 Å². The molecule has 0 spiro atoms. The lowest BCUT2D eigenvalue weighted by atomic mass is 10.0. The molecule has 88 valence electrons. The summed E-state index contributed by atoms with van der Waals surface area (Å²) in [7, 11) is 0. The lowest BCUT2D eigenvalue weighted by molar-refractivity contribution is 0.720. The standard InChI is InChI=1S/C13H12Cl2N2/c14-11-5-1-4-10(13(11)15)12(16)7-9-3-2-6-17-8-9/h1-6,8,12H,7,16H2. The Labute approximate surface area is 110 Å². The third-order valence-electron chi connectivity index (χ3n) is 2.56. The number of nitrogens with two attached hydrogens (primary N) is 1. The van der Waals surface area contributed by atoms with Gasteiger partial charge in [0.2, 0.25) is 0 Å². The molecule has 1 aromatic heterocycles. The number of hydrogen-bond donors (Lipinski definition) is 1. The third-order valence-corrected chi connectivity index (χ3v) is 3.39. The smallest absolute Gasteiger partial charge is 0.0640 e. The van der Waals surface area contributed by atoms with Gasteiger partial charge in [0.15, 0.2) is 0 Å². The van der Waals surface area contributed by atoms with Crippen molar-refractivity contribution in [3.05, 3.63) is 63.9 Å². The van der Waals surface area contributed by atoms with Gasteiger partial charge in [-0.1, -0.05) is 41.4 Å². The van der Waals surface area contributed by atoms with E-state index in [-0.39, 0.29) is 6.04 Å². The van der Waals surface area contributed by atoms with E-state index in [0.717, 1.165) is 11.1 Å². The van der Waals surface area contributed by atoms with Crippen LogP contribution in [0.3, 0.4) is 0 Å². The Balaban J connectivity index is 2.20. The van der Waals surface area contributed by atoms with Crippen LogP contribution in [0.5, 0.6) is 0 Å². The van der Waals surface area contributed by atoms with Crippen LogP contribution in [0.2, 0.25) is 10.0 Å². The van der Waals surface area contributed by atoms with E-state index in [0.29, 0.717) is 16.5 Å². The second kappa shape index (κ2) is 5.50. The fourth-order valence-electron chi connectivity index (χ4n) is 1.69. The summed E-state index contributed by atoms with van der Waals surface area (Å²) in [4.78, 5) is 4.06. The first-order chi connectivity index (χ1) is 8.18. The summed E-state index contributed by atoms with van der Waals surface area (Å²) in [5.74, 6) is 0. The topological polar surface area (TPSA) is 38.9 Å². The number of nitrogens with zero attached hydrogens (tertiary/aromatic N) is 1. The Morgan fingerprint density at radius 3 is 2.71 bits per heavy atom. The van der Waals surface area contributed by atoms with Gasteiger partial charge >= 0.3 is 0 Å². The fourth-order valence-corrected chi connectivity index (χ4v) is 2.14. The Morgan fingerprint density at radius 2 is 2.00 bits per heavy atom. The Morgan fingerprint density at radius 1 is 1.18 bits per heavy atom. The van der Waals surface area contributed by atoms with Crippen molar-refractivity contribution >= 4 is 23.2 Å². The van der Waals surface area contributed by atoms with E-state index in [1.807, 2.05) is 24.3 Å². The van der Waals surface area contributed by atoms with Crippen molar-refractivity contribution in [2.75, 3.05) is 0 Å². The second-order valence-corrected chi connectivity index (χ2v) is 4.60. The molecule has 0 fully saturated rings. The number of rotatable bonds is 3. The summed E-state index contributed by atoms with van der Waals surface area (Å²) in [6, 6.07) is 9.21. The van der Waals surface area contributed by atoms with Crippen LogP contribution < -0.4 is 5.73 Å². The molecular weight excluding hydrogens is 255 g/mol. The fraction of sp³-hybridized carbons (Fsp3) is 0.154. The Kier molecular flexibility index (Phi) is 4.00. The molecule has 2 nitrogen and oxygen atoms in total. The molecule has 1 heterocycles. The molecule has 1 atom stereocenters. The van der Waals surface area contributed by atoms with E-state index < -0.39 is 0 Å². The Hall–Kier alpha value is -1.09. The van der Waals surface area contributed by atoms with E-state index in [4.69, 9.17) is 28.9 Å². The van der Waals surface area contributed by atoms with Crippen LogP contribution in [0.25, 0.3) is 0 Å². The molecule has 0 amide bonds. The van der Waals surface area contributed by atoms with Gasteiger partial charge in [-0.15, -0.1) is 0 Å². The van der Waals surface area contributed by atoms with Crippen molar-refractivity contribution in [3.63, 3.8) is 0 Å². The summed E-state index contributed by atoms with van der Waals surface area (Å²) in [5, 5.41) is 1.07. The van der Waals surface area contributed by atoms with Gasteiger partial charge in [-0.2, -0.15) is 0 Å². The summed E-state index contributed by atoms with van der Waals surface area (Å²) in [6.07, 6.45) is 4.23. The molecular formula is C13H12Cl2N2. The normalized spacial score (nSPS) is 12.4. The quantitative estimate of drug-likeness (QED) is 0.922. The van der Waals surface area contributed by atoms with Gasteiger partial charge < -0.3 is 5.73 Å². The minimum Gasteiger partial charge on any atom is -0.324 e. The molecule has 0 aliphatic heterocycles. The van der Waals surface area contributed by atoms with Crippen molar-refractivity contribution in [1.82, 2.24) is 4.98 Å². The number of halogens is 2. The van der Waals surface area contributed by atoms with Gasteiger partial charge in [-0.05, 0) is 29.7 Å². The average molecular weight is 267 g/mol. The Bertz CT molecular complexity index is 500. The van der Waals surface area contributed by atoms with Gasteiger partial charge in [-0.3, -0.25) is 4.98 Å². The molecule has 1 aromatic carbocycles. The first kappa shape index (κ1) is 12.4. The SMILES string of the molecule is NC(Cc1cccnc1)c1cccc(Cl)c1Cl. The molecule has 2 N–H and O–H groups in total. The van der Waals surface area contributed by atoms with Gasteiger partial charge in [0, 0.05) is 18.4 Å². The highest BCUT2D eigenvalue weighted by molar-refractivity contribution is 6.42. The molecule has 0 saturated carbocycles. The number of aromatic nitrogens is 1. The maximum atomic E-state index is 6.13. The van der Waals surface area contributed by atoms with Crippen LogP contribution in [0.15, 0.2) is 42.7 Å². The molecule has 0 bridgehead atoms. The highest BCUT2D eigenvalue weighted by atomic mass is 35.5. The summed E-state index contributed by atoms with van der Waals surface area (Å²) < 4.78 is 0. The maximum Gasteiger partial charge on any atom is 0.0640 e. The first-order valence-electron chi connectivity index (χ1n) is 5.27. The van der Waals surface area contributed by atoms with Crippen molar-refractivity contribution in [3.8, 4) is 0 Å². The van der Waals surface area contributed by atoms with E-state index in [9.17, 15) is 0 Å². The first-order valence-corrected chi connectivity index (χ1v) is 6.02. The van der Waals surface area contributed by atoms with Crippen molar-refractivity contribution in [1.29, 1.82) is 0 Å². The minimum atomic E-state index is -0.176. The average Bonchev–Trinajstić information content (AvgIpc) is 2.34. The minimum absolute atomic E-state index is 0.176. The monoisotopic (exact) mass is 266 g/mol. The molecule has 0 saturated heterocycles. The van der Waals surface area contributed by atoms with Gasteiger partial charge in [0.05, 0.1) is 10.0 Å². The molecule has 2 rings (SSSR count). The van der Waals surface area contributed by atoms with Crippen molar-refractivity contribution in [2.24, 2.45) is 5.73 Å². The predicted molar refractivity (Wildman–Crippen MR) is 71.3 cm³/mol. The highest BCUT2D eigenvalue weighted by Crippen LogP contribution is 2.30. The summed E-state index contributed by atoms with van der Waals surface area (Å²) in [6.45, 7) is 0. The highest BCUT2D eigenvalue weighted by Gasteiger charge is 2.12. The molecule has 2 aromatic rings. The maximum absolute atomic E-state index is 6.13. The largest absolute Gasteiger partial charge is 0.324 e. The van der Waals surface area contributed by atoms with E-state index >= 15 is 0 Å².